The van der Waals surface area contributed by atoms with Gasteiger partial charge in [0.05, 0.1) is 19.0 Å². The number of aromatic nitrogens is 3. The summed E-state index contributed by atoms with van der Waals surface area (Å²) in [5, 5.41) is 0. The number of halogens is 3. The Bertz CT molecular complexity index is 700. The van der Waals surface area contributed by atoms with Crippen LogP contribution < -0.4 is 16.0 Å². The third-order valence-corrected chi connectivity index (χ3v) is 2.43. The average molecular weight is 287 g/mol. The molecular formula is C11H8F3N3O3. The maximum Gasteiger partial charge on any atom is 0.431 e. The van der Waals surface area contributed by atoms with Gasteiger partial charge in [-0.15, -0.1) is 0 Å². The monoisotopic (exact) mass is 287 g/mol. The zero-order valence-corrected chi connectivity index (χ0v) is 10.1. The lowest BCUT2D eigenvalue weighted by atomic mass is 10.3. The Kier molecular flexibility index (Phi) is 3.35. The quantitative estimate of drug-likeness (QED) is 0.892. The molecule has 0 aliphatic rings. The van der Waals surface area contributed by atoms with Gasteiger partial charge in [0, 0.05) is 12.1 Å². The van der Waals surface area contributed by atoms with Gasteiger partial charge in [0.25, 0.3) is 5.56 Å². The van der Waals surface area contributed by atoms with Gasteiger partial charge in [0.1, 0.15) is 5.69 Å². The summed E-state index contributed by atoms with van der Waals surface area (Å²) in [5.74, 6) is 0.241. The summed E-state index contributed by atoms with van der Waals surface area (Å²) < 4.78 is 42.6. The van der Waals surface area contributed by atoms with E-state index in [-0.39, 0.29) is 11.6 Å². The Morgan fingerprint density at radius 1 is 1.30 bits per heavy atom. The third-order valence-electron chi connectivity index (χ3n) is 2.43. The number of hydrogen-bond acceptors (Lipinski definition) is 4. The van der Waals surface area contributed by atoms with E-state index >= 15 is 0 Å². The molecule has 2 aromatic rings. The maximum absolute atomic E-state index is 12.4. The highest BCUT2D eigenvalue weighted by Crippen LogP contribution is 2.25. The first-order chi connectivity index (χ1) is 9.32. The van der Waals surface area contributed by atoms with Crippen molar-refractivity contribution in [2.24, 2.45) is 0 Å². The van der Waals surface area contributed by atoms with Gasteiger partial charge in [0.2, 0.25) is 5.88 Å². The Morgan fingerprint density at radius 2 is 2.00 bits per heavy atom. The number of rotatable bonds is 2. The van der Waals surface area contributed by atoms with Crippen molar-refractivity contribution in [3.8, 4) is 11.6 Å². The lowest BCUT2D eigenvalue weighted by molar-refractivity contribution is -0.141. The second-order valence-corrected chi connectivity index (χ2v) is 3.72. The van der Waals surface area contributed by atoms with E-state index in [0.717, 1.165) is 6.20 Å². The fourth-order valence-corrected chi connectivity index (χ4v) is 1.52. The van der Waals surface area contributed by atoms with E-state index in [1.165, 1.54) is 19.2 Å². The van der Waals surface area contributed by atoms with Gasteiger partial charge >= 0.3 is 11.9 Å². The molecule has 0 radical (unpaired) electrons. The highest BCUT2D eigenvalue weighted by molar-refractivity contribution is 5.31. The summed E-state index contributed by atoms with van der Waals surface area (Å²) in [6.45, 7) is 0. The normalized spacial score (nSPS) is 11.4. The van der Waals surface area contributed by atoms with Crippen molar-refractivity contribution in [2.75, 3.05) is 7.11 Å². The maximum atomic E-state index is 12.4. The van der Waals surface area contributed by atoms with Crippen LogP contribution in [0.4, 0.5) is 13.2 Å². The van der Waals surface area contributed by atoms with Crippen LogP contribution in [0.5, 0.6) is 5.88 Å². The van der Waals surface area contributed by atoms with E-state index in [1.54, 1.807) is 4.98 Å². The summed E-state index contributed by atoms with van der Waals surface area (Å²) in [6, 6.07) is 3.01. The molecule has 0 saturated carbocycles. The van der Waals surface area contributed by atoms with Crippen molar-refractivity contribution >= 4 is 0 Å². The first kappa shape index (κ1) is 13.8. The van der Waals surface area contributed by atoms with Gasteiger partial charge in [-0.1, -0.05) is 0 Å². The molecule has 0 spiro atoms. The molecule has 1 N–H and O–H groups in total. The lowest BCUT2D eigenvalue weighted by Crippen LogP contribution is -2.35. The number of pyridine rings is 1. The van der Waals surface area contributed by atoms with Gasteiger partial charge in [-0.3, -0.25) is 4.79 Å². The number of nitrogens with one attached hydrogen (secondary N) is 1. The van der Waals surface area contributed by atoms with Crippen LogP contribution in [0.2, 0.25) is 0 Å². The lowest BCUT2D eigenvalue weighted by Gasteiger charge is -2.08. The Labute approximate surface area is 109 Å². The van der Waals surface area contributed by atoms with E-state index in [4.69, 9.17) is 4.74 Å². The largest absolute Gasteiger partial charge is 0.481 e. The molecule has 2 aromatic heterocycles. The molecule has 0 saturated heterocycles. The van der Waals surface area contributed by atoms with E-state index in [1.807, 2.05) is 0 Å². The second-order valence-electron chi connectivity index (χ2n) is 3.72. The first-order valence-corrected chi connectivity index (χ1v) is 5.27. The molecule has 9 heteroatoms. The fourth-order valence-electron chi connectivity index (χ4n) is 1.52. The standard InChI is InChI=1S/C11H8F3N3O3/c1-20-8-3-2-6(5-15-8)17-9(18)4-7(11(12,13)14)16-10(17)19/h2-5H,1H3,(H,16,19). The molecule has 6 nitrogen and oxygen atoms in total. The zero-order valence-electron chi connectivity index (χ0n) is 10.1. The smallest absolute Gasteiger partial charge is 0.431 e. The topological polar surface area (TPSA) is 77.0 Å². The number of ether oxygens (including phenoxy) is 1. The highest BCUT2D eigenvalue weighted by atomic mass is 19.4. The molecule has 0 fully saturated rings. The van der Waals surface area contributed by atoms with Gasteiger partial charge in [0.15, 0.2) is 0 Å². The number of aromatic amines is 1. The molecule has 20 heavy (non-hydrogen) atoms. The number of hydrogen-bond donors (Lipinski definition) is 1. The van der Waals surface area contributed by atoms with Crippen LogP contribution in [0.15, 0.2) is 34.0 Å². The summed E-state index contributed by atoms with van der Waals surface area (Å²) in [7, 11) is 1.37. The molecular weight excluding hydrogens is 279 g/mol. The molecule has 0 aliphatic heterocycles. The molecule has 0 atom stereocenters. The Balaban J connectivity index is 2.58. The van der Waals surface area contributed by atoms with Crippen LogP contribution in [0, 0.1) is 0 Å². The van der Waals surface area contributed by atoms with Gasteiger partial charge < -0.3 is 9.72 Å². The van der Waals surface area contributed by atoms with Crippen LogP contribution in [0.1, 0.15) is 5.69 Å². The van der Waals surface area contributed by atoms with Crippen molar-refractivity contribution in [1.29, 1.82) is 0 Å². The number of methoxy groups -OCH3 is 1. The van der Waals surface area contributed by atoms with Crippen molar-refractivity contribution in [2.45, 2.75) is 6.18 Å². The minimum absolute atomic E-state index is 0.0331. The molecule has 0 bridgehead atoms. The zero-order chi connectivity index (χ0) is 14.9. The number of H-pyrrole nitrogens is 1. The molecule has 2 heterocycles. The van der Waals surface area contributed by atoms with E-state index in [0.29, 0.717) is 10.6 Å². The molecule has 0 aliphatic carbocycles. The molecule has 0 unspecified atom stereocenters. The summed E-state index contributed by atoms with van der Waals surface area (Å²) >= 11 is 0. The minimum atomic E-state index is -4.80. The Hall–Kier alpha value is -2.58. The summed E-state index contributed by atoms with van der Waals surface area (Å²) in [4.78, 5) is 28.6. The van der Waals surface area contributed by atoms with Gasteiger partial charge in [-0.05, 0) is 6.07 Å². The summed E-state index contributed by atoms with van der Waals surface area (Å²) in [5.41, 5.74) is -3.67. The van der Waals surface area contributed by atoms with Crippen molar-refractivity contribution in [1.82, 2.24) is 14.5 Å². The number of nitrogens with zero attached hydrogens (tertiary/aromatic N) is 2. The molecule has 0 aromatic carbocycles. The average Bonchev–Trinajstić information content (AvgIpc) is 2.37. The van der Waals surface area contributed by atoms with E-state index < -0.39 is 23.1 Å². The van der Waals surface area contributed by atoms with Crippen molar-refractivity contribution in [3.63, 3.8) is 0 Å². The first-order valence-electron chi connectivity index (χ1n) is 5.27. The minimum Gasteiger partial charge on any atom is -0.481 e. The van der Waals surface area contributed by atoms with Crippen LogP contribution in [-0.4, -0.2) is 21.6 Å². The number of alkyl halides is 3. The van der Waals surface area contributed by atoms with Gasteiger partial charge in [-0.25, -0.2) is 14.3 Å². The highest BCUT2D eigenvalue weighted by Gasteiger charge is 2.33. The van der Waals surface area contributed by atoms with Gasteiger partial charge in [-0.2, -0.15) is 13.2 Å². The summed E-state index contributed by atoms with van der Waals surface area (Å²) in [6.07, 6.45) is -3.65. The second kappa shape index (κ2) is 4.83. The van der Waals surface area contributed by atoms with Crippen LogP contribution in [0.25, 0.3) is 5.69 Å². The SMILES string of the molecule is COc1ccc(-n2c(=O)cc(C(F)(F)F)[nH]c2=O)cn1. The predicted octanol–water partition coefficient (Wildman–Crippen LogP) is 0.948. The Morgan fingerprint density at radius 3 is 2.45 bits per heavy atom. The molecule has 106 valence electrons. The van der Waals surface area contributed by atoms with Crippen LogP contribution >= 0.6 is 0 Å². The van der Waals surface area contributed by atoms with Crippen molar-refractivity contribution < 1.29 is 17.9 Å². The fraction of sp³-hybridized carbons (Fsp3) is 0.182. The molecule has 0 amide bonds. The van der Waals surface area contributed by atoms with E-state index in [2.05, 4.69) is 4.98 Å². The molecule has 2 rings (SSSR count). The van der Waals surface area contributed by atoms with E-state index in [9.17, 15) is 22.8 Å². The third kappa shape index (κ3) is 2.56. The van der Waals surface area contributed by atoms with Crippen LogP contribution in [0.3, 0.4) is 0 Å². The van der Waals surface area contributed by atoms with Crippen molar-refractivity contribution in [3.05, 3.63) is 50.9 Å². The van der Waals surface area contributed by atoms with Crippen LogP contribution in [-0.2, 0) is 6.18 Å². The predicted molar refractivity (Wildman–Crippen MR) is 62.0 cm³/mol.